The first kappa shape index (κ1) is 18.2. The minimum Gasteiger partial charge on any atom is -0.309 e. The Hall–Kier alpha value is -4.35. The van der Waals surface area contributed by atoms with Crippen molar-refractivity contribution < 1.29 is 0 Å². The van der Waals surface area contributed by atoms with Gasteiger partial charge in [0.15, 0.2) is 0 Å². The van der Waals surface area contributed by atoms with Crippen molar-refractivity contribution in [3.05, 3.63) is 103 Å². The molecule has 33 heavy (non-hydrogen) atoms. The van der Waals surface area contributed by atoms with Gasteiger partial charge >= 0.3 is 0 Å². The van der Waals surface area contributed by atoms with Gasteiger partial charge in [0, 0.05) is 27.2 Å². The Kier molecular flexibility index (Phi) is 3.77. The van der Waals surface area contributed by atoms with E-state index in [2.05, 4.69) is 108 Å². The molecule has 1 unspecified atom stereocenters. The van der Waals surface area contributed by atoms with Crippen LogP contribution in [0.2, 0.25) is 0 Å². The molecule has 2 nitrogen and oxygen atoms in total. The van der Waals surface area contributed by atoms with E-state index in [0.717, 1.165) is 12.1 Å². The maximum absolute atomic E-state index is 9.37. The Bertz CT molecular complexity index is 1860. The molecule has 1 atom stereocenters. The number of rotatable bonds is 1. The van der Waals surface area contributed by atoms with Crippen LogP contribution in [0.3, 0.4) is 0 Å². The van der Waals surface area contributed by atoms with Gasteiger partial charge in [-0.15, -0.1) is 0 Å². The zero-order valence-electron chi connectivity index (χ0n) is 18.0. The van der Waals surface area contributed by atoms with Crippen LogP contribution < -0.4 is 0 Å². The van der Waals surface area contributed by atoms with Crippen LogP contribution in [-0.2, 0) is 0 Å². The highest BCUT2D eigenvalue weighted by molar-refractivity contribution is 6.37. The highest BCUT2D eigenvalue weighted by Gasteiger charge is 2.21. The predicted octanol–water partition coefficient (Wildman–Crippen LogP) is 8.19. The summed E-state index contributed by atoms with van der Waals surface area (Å²) in [5.74, 6) is -0.0524. The Morgan fingerprint density at radius 2 is 1.42 bits per heavy atom. The second-order valence-electron chi connectivity index (χ2n) is 8.79. The lowest BCUT2D eigenvalue weighted by Crippen LogP contribution is -2.02. The summed E-state index contributed by atoms with van der Waals surface area (Å²) in [6, 6.07) is 33.0. The average Bonchev–Trinajstić information content (AvgIpc) is 3.24. The molecule has 0 spiro atoms. The molecule has 1 aromatic heterocycles. The van der Waals surface area contributed by atoms with Crippen molar-refractivity contribution >= 4 is 59.8 Å². The molecule has 6 aromatic rings. The lowest BCUT2D eigenvalue weighted by atomic mass is 9.93. The van der Waals surface area contributed by atoms with Gasteiger partial charge in [-0.3, -0.25) is 0 Å². The molecule has 0 saturated carbocycles. The molecule has 1 aliphatic carbocycles. The summed E-state index contributed by atoms with van der Waals surface area (Å²) in [7, 11) is 0. The van der Waals surface area contributed by atoms with E-state index in [0.29, 0.717) is 0 Å². The van der Waals surface area contributed by atoms with Gasteiger partial charge in [0.05, 0.1) is 23.0 Å². The fraction of sp³-hybridized carbons (Fsp3) is 0.0645. The van der Waals surface area contributed by atoms with Crippen molar-refractivity contribution in [2.75, 3.05) is 0 Å². The number of benzene rings is 5. The first-order valence-electron chi connectivity index (χ1n) is 11.4. The third-order valence-electron chi connectivity index (χ3n) is 7.03. The van der Waals surface area contributed by atoms with E-state index in [1.54, 1.807) is 0 Å². The third kappa shape index (κ3) is 2.48. The highest BCUT2D eigenvalue weighted by Crippen LogP contribution is 2.44. The van der Waals surface area contributed by atoms with Crippen LogP contribution in [-0.4, -0.2) is 4.57 Å². The molecule has 2 heteroatoms. The number of nitriles is 1. The molecule has 0 amide bonds. The molecule has 154 valence electrons. The van der Waals surface area contributed by atoms with Crippen LogP contribution in [0.5, 0.6) is 0 Å². The molecular formula is C31H20N2. The van der Waals surface area contributed by atoms with Crippen molar-refractivity contribution in [3.63, 3.8) is 0 Å². The quantitative estimate of drug-likeness (QED) is 0.246. The SMILES string of the molecule is N#CC1C=CC(n2c3ccccc3c3c4c5ccccc5ccc4c4ccccc4c32)=CC1. The number of allylic oxidation sites excluding steroid dienone is 4. The van der Waals surface area contributed by atoms with Gasteiger partial charge in [-0.05, 0) is 40.1 Å². The highest BCUT2D eigenvalue weighted by atomic mass is 15.0. The lowest BCUT2D eigenvalue weighted by molar-refractivity contribution is 0.834. The van der Waals surface area contributed by atoms with Crippen molar-refractivity contribution in [3.8, 4) is 6.07 Å². The molecule has 0 N–H and O–H groups in total. The summed E-state index contributed by atoms with van der Waals surface area (Å²) in [4.78, 5) is 0. The van der Waals surface area contributed by atoms with E-state index in [1.165, 1.54) is 54.1 Å². The van der Waals surface area contributed by atoms with Crippen molar-refractivity contribution in [1.82, 2.24) is 4.57 Å². The number of hydrogen-bond donors (Lipinski definition) is 0. The minimum atomic E-state index is -0.0524. The Morgan fingerprint density at radius 1 is 0.697 bits per heavy atom. The molecule has 1 heterocycles. The summed E-state index contributed by atoms with van der Waals surface area (Å²) >= 11 is 0. The standard InChI is InChI=1S/C31H20N2/c32-19-20-13-16-22(17-14-20)33-28-12-6-5-11-27(28)30-29-23-8-2-1-7-21(23)15-18-25(29)24-9-3-4-10-26(24)31(30)33/h1-13,15-18,20H,14H2. The number of hydrogen-bond acceptors (Lipinski definition) is 1. The summed E-state index contributed by atoms with van der Waals surface area (Å²) < 4.78 is 2.40. The second kappa shape index (κ2) is 6.82. The van der Waals surface area contributed by atoms with Gasteiger partial charge in [0.25, 0.3) is 0 Å². The second-order valence-corrected chi connectivity index (χ2v) is 8.79. The van der Waals surface area contributed by atoms with Crippen molar-refractivity contribution in [2.45, 2.75) is 6.42 Å². The van der Waals surface area contributed by atoms with Gasteiger partial charge in [-0.1, -0.05) is 91.0 Å². The molecule has 0 aliphatic heterocycles. The predicted molar refractivity (Wildman–Crippen MR) is 139 cm³/mol. The van der Waals surface area contributed by atoms with E-state index >= 15 is 0 Å². The lowest BCUT2D eigenvalue weighted by Gasteiger charge is -2.16. The fourth-order valence-corrected chi connectivity index (χ4v) is 5.58. The molecule has 0 fully saturated rings. The van der Waals surface area contributed by atoms with E-state index in [1.807, 2.05) is 6.08 Å². The maximum Gasteiger partial charge on any atom is 0.0700 e. The summed E-state index contributed by atoms with van der Waals surface area (Å²) in [5, 5.41) is 19.6. The summed E-state index contributed by atoms with van der Waals surface area (Å²) in [6.07, 6.45) is 7.10. The number of para-hydroxylation sites is 1. The van der Waals surface area contributed by atoms with Crippen LogP contribution >= 0.6 is 0 Å². The van der Waals surface area contributed by atoms with Crippen LogP contribution in [0.4, 0.5) is 0 Å². The molecule has 0 radical (unpaired) electrons. The van der Waals surface area contributed by atoms with E-state index in [4.69, 9.17) is 0 Å². The summed E-state index contributed by atoms with van der Waals surface area (Å²) in [6.45, 7) is 0. The Balaban J connectivity index is 1.79. The van der Waals surface area contributed by atoms with E-state index in [9.17, 15) is 5.26 Å². The molecule has 7 rings (SSSR count). The minimum absolute atomic E-state index is 0.0524. The largest absolute Gasteiger partial charge is 0.309 e. The smallest absolute Gasteiger partial charge is 0.0700 e. The van der Waals surface area contributed by atoms with E-state index in [-0.39, 0.29) is 5.92 Å². The van der Waals surface area contributed by atoms with Gasteiger partial charge in [-0.25, -0.2) is 0 Å². The van der Waals surface area contributed by atoms with Gasteiger partial charge in [0.2, 0.25) is 0 Å². The zero-order valence-corrected chi connectivity index (χ0v) is 18.0. The van der Waals surface area contributed by atoms with Crippen molar-refractivity contribution in [1.29, 1.82) is 5.26 Å². The topological polar surface area (TPSA) is 28.7 Å². The number of fused-ring (bicyclic) bond motifs is 10. The molecule has 0 bridgehead atoms. The van der Waals surface area contributed by atoms with Crippen LogP contribution in [0.25, 0.3) is 59.8 Å². The van der Waals surface area contributed by atoms with Gasteiger partial charge in [-0.2, -0.15) is 5.26 Å². The maximum atomic E-state index is 9.37. The Labute approximate surface area is 191 Å². The zero-order chi connectivity index (χ0) is 21.9. The molecular weight excluding hydrogens is 400 g/mol. The first-order valence-corrected chi connectivity index (χ1v) is 11.4. The van der Waals surface area contributed by atoms with Gasteiger partial charge in [0.1, 0.15) is 0 Å². The van der Waals surface area contributed by atoms with E-state index < -0.39 is 0 Å². The summed E-state index contributed by atoms with van der Waals surface area (Å²) in [5.41, 5.74) is 3.57. The van der Waals surface area contributed by atoms with Crippen molar-refractivity contribution in [2.24, 2.45) is 5.92 Å². The number of nitrogens with zero attached hydrogens (tertiary/aromatic N) is 2. The molecule has 5 aromatic carbocycles. The average molecular weight is 421 g/mol. The molecule has 1 aliphatic rings. The Morgan fingerprint density at radius 3 is 2.21 bits per heavy atom. The fourth-order valence-electron chi connectivity index (χ4n) is 5.58. The first-order chi connectivity index (χ1) is 16.3. The monoisotopic (exact) mass is 420 g/mol. The third-order valence-corrected chi connectivity index (χ3v) is 7.03. The normalized spacial score (nSPS) is 16.1. The number of aromatic nitrogens is 1. The van der Waals surface area contributed by atoms with Crippen LogP contribution in [0.15, 0.2) is 103 Å². The van der Waals surface area contributed by atoms with Gasteiger partial charge < -0.3 is 4.57 Å². The van der Waals surface area contributed by atoms with Crippen LogP contribution in [0, 0.1) is 17.2 Å². The molecule has 0 saturated heterocycles. The van der Waals surface area contributed by atoms with Crippen LogP contribution in [0.1, 0.15) is 6.42 Å².